The summed E-state index contributed by atoms with van der Waals surface area (Å²) in [5.74, 6) is -0.258. The van der Waals surface area contributed by atoms with Gasteiger partial charge in [0.05, 0.1) is 5.75 Å². The van der Waals surface area contributed by atoms with Crippen LogP contribution in [0.25, 0.3) is 0 Å². The van der Waals surface area contributed by atoms with E-state index >= 15 is 0 Å². The van der Waals surface area contributed by atoms with Crippen LogP contribution in [0.5, 0.6) is 0 Å². The Balaban J connectivity index is 2.60. The molecule has 0 aromatic rings. The Hall–Kier alpha value is -0.620. The molecular formula is C12H24N2O3S. The van der Waals surface area contributed by atoms with E-state index in [1.54, 1.807) is 0 Å². The molecule has 18 heavy (non-hydrogen) atoms. The summed E-state index contributed by atoms with van der Waals surface area (Å²) < 4.78 is 23.6. The standard InChI is InChI=1S/C12H24N2O3S/c1-3-12(13,4-2)9-14-11(15)10-7-5-6-8-18(10,16)17/h10H,3-9,13H2,1-2H3,(H,14,15). The van der Waals surface area contributed by atoms with Crippen LogP contribution in [0, 0.1) is 0 Å². The van der Waals surface area contributed by atoms with Gasteiger partial charge in [0, 0.05) is 12.1 Å². The van der Waals surface area contributed by atoms with Crippen LogP contribution in [-0.4, -0.2) is 37.4 Å². The molecule has 5 nitrogen and oxygen atoms in total. The fourth-order valence-corrected chi connectivity index (χ4v) is 3.95. The summed E-state index contributed by atoms with van der Waals surface area (Å²) in [4.78, 5) is 11.9. The number of amides is 1. The molecule has 1 heterocycles. The van der Waals surface area contributed by atoms with Gasteiger partial charge in [-0.05, 0) is 25.7 Å². The number of carbonyl (C=O) groups is 1. The summed E-state index contributed by atoms with van der Waals surface area (Å²) in [6.07, 6.45) is 3.40. The molecule has 0 aromatic heterocycles. The average Bonchev–Trinajstić information content (AvgIpc) is 2.35. The lowest BCUT2D eigenvalue weighted by molar-refractivity contribution is -0.121. The molecule has 0 saturated carbocycles. The van der Waals surface area contributed by atoms with Crippen molar-refractivity contribution in [3.63, 3.8) is 0 Å². The van der Waals surface area contributed by atoms with E-state index in [0.29, 0.717) is 19.4 Å². The maximum Gasteiger partial charge on any atom is 0.238 e. The first kappa shape index (κ1) is 15.4. The monoisotopic (exact) mass is 276 g/mol. The van der Waals surface area contributed by atoms with Crippen LogP contribution in [-0.2, 0) is 14.6 Å². The number of sulfone groups is 1. The summed E-state index contributed by atoms with van der Waals surface area (Å²) >= 11 is 0. The lowest BCUT2D eigenvalue weighted by Crippen LogP contribution is -2.52. The first-order valence-corrected chi connectivity index (χ1v) is 8.34. The minimum atomic E-state index is -3.26. The Morgan fingerprint density at radius 2 is 1.94 bits per heavy atom. The second-order valence-electron chi connectivity index (χ2n) is 5.14. The second kappa shape index (κ2) is 6.02. The smallest absolute Gasteiger partial charge is 0.238 e. The van der Waals surface area contributed by atoms with Gasteiger partial charge in [0.2, 0.25) is 5.91 Å². The van der Waals surface area contributed by atoms with Crippen LogP contribution in [0.1, 0.15) is 46.0 Å². The van der Waals surface area contributed by atoms with E-state index < -0.39 is 20.6 Å². The van der Waals surface area contributed by atoms with Crippen LogP contribution in [0.4, 0.5) is 0 Å². The van der Waals surface area contributed by atoms with Crippen LogP contribution in [0.3, 0.4) is 0 Å². The molecule has 1 saturated heterocycles. The molecule has 106 valence electrons. The lowest BCUT2D eigenvalue weighted by Gasteiger charge is -2.28. The zero-order valence-corrected chi connectivity index (χ0v) is 12.1. The van der Waals surface area contributed by atoms with Crippen molar-refractivity contribution in [1.29, 1.82) is 0 Å². The molecule has 6 heteroatoms. The zero-order chi connectivity index (χ0) is 13.8. The Labute approximate surface area is 109 Å². The summed E-state index contributed by atoms with van der Waals surface area (Å²) in [6.45, 7) is 4.27. The van der Waals surface area contributed by atoms with Crippen molar-refractivity contribution < 1.29 is 13.2 Å². The maximum atomic E-state index is 11.9. The maximum absolute atomic E-state index is 11.9. The zero-order valence-electron chi connectivity index (χ0n) is 11.2. The predicted molar refractivity (Wildman–Crippen MR) is 71.9 cm³/mol. The van der Waals surface area contributed by atoms with Crippen molar-refractivity contribution in [3.05, 3.63) is 0 Å². The third-order valence-electron chi connectivity index (χ3n) is 3.89. The number of nitrogens with two attached hydrogens (primary N) is 1. The van der Waals surface area contributed by atoms with Crippen molar-refractivity contribution in [2.45, 2.75) is 56.7 Å². The average molecular weight is 276 g/mol. The largest absolute Gasteiger partial charge is 0.353 e. The Morgan fingerprint density at radius 3 is 2.44 bits per heavy atom. The van der Waals surface area contributed by atoms with E-state index in [-0.39, 0.29) is 11.7 Å². The Morgan fingerprint density at radius 1 is 1.33 bits per heavy atom. The fourth-order valence-electron chi connectivity index (χ4n) is 2.13. The minimum absolute atomic E-state index is 0.125. The summed E-state index contributed by atoms with van der Waals surface area (Å²) in [7, 11) is -3.26. The molecule has 0 spiro atoms. The topological polar surface area (TPSA) is 89.3 Å². The van der Waals surface area contributed by atoms with E-state index in [0.717, 1.165) is 19.3 Å². The van der Waals surface area contributed by atoms with Gasteiger partial charge in [-0.25, -0.2) is 8.42 Å². The highest BCUT2D eigenvalue weighted by Crippen LogP contribution is 2.20. The normalized spacial score (nSPS) is 23.6. The van der Waals surface area contributed by atoms with Gasteiger partial charge in [-0.15, -0.1) is 0 Å². The Kier molecular flexibility index (Phi) is 5.16. The van der Waals surface area contributed by atoms with Gasteiger partial charge in [0.1, 0.15) is 5.25 Å². The molecule has 1 unspecified atom stereocenters. The molecule has 1 aliphatic rings. The van der Waals surface area contributed by atoms with Crippen LogP contribution in [0.2, 0.25) is 0 Å². The second-order valence-corrected chi connectivity index (χ2v) is 7.44. The molecule has 1 rings (SSSR count). The number of rotatable bonds is 5. The summed E-state index contributed by atoms with van der Waals surface area (Å²) in [5.41, 5.74) is 5.64. The molecule has 3 N–H and O–H groups in total. The number of nitrogens with one attached hydrogen (secondary N) is 1. The van der Waals surface area contributed by atoms with Gasteiger partial charge in [0.25, 0.3) is 0 Å². The highest BCUT2D eigenvalue weighted by atomic mass is 32.2. The number of carbonyl (C=O) groups excluding carboxylic acids is 1. The highest BCUT2D eigenvalue weighted by molar-refractivity contribution is 7.92. The van der Waals surface area contributed by atoms with Crippen molar-refractivity contribution >= 4 is 15.7 Å². The molecule has 1 fully saturated rings. The molecule has 1 amide bonds. The third-order valence-corrected chi connectivity index (χ3v) is 6.07. The Bertz CT molecular complexity index is 388. The van der Waals surface area contributed by atoms with E-state index in [4.69, 9.17) is 5.73 Å². The van der Waals surface area contributed by atoms with Crippen molar-refractivity contribution in [1.82, 2.24) is 5.32 Å². The van der Waals surface area contributed by atoms with Crippen LogP contribution in [0.15, 0.2) is 0 Å². The van der Waals surface area contributed by atoms with E-state index in [1.807, 2.05) is 13.8 Å². The molecule has 1 atom stereocenters. The summed E-state index contributed by atoms with van der Waals surface area (Å²) in [6, 6.07) is 0. The van der Waals surface area contributed by atoms with Gasteiger partial charge in [0.15, 0.2) is 9.84 Å². The van der Waals surface area contributed by atoms with Crippen LogP contribution < -0.4 is 11.1 Å². The SMILES string of the molecule is CCC(N)(CC)CNC(=O)C1CCCCS1(=O)=O. The molecule has 0 bridgehead atoms. The van der Waals surface area contributed by atoms with Gasteiger partial charge >= 0.3 is 0 Å². The van der Waals surface area contributed by atoms with Crippen LogP contribution >= 0.6 is 0 Å². The number of hydrogen-bond acceptors (Lipinski definition) is 4. The fraction of sp³-hybridized carbons (Fsp3) is 0.917. The third kappa shape index (κ3) is 3.68. The van der Waals surface area contributed by atoms with Crippen molar-refractivity contribution in [3.8, 4) is 0 Å². The molecule has 0 radical (unpaired) electrons. The van der Waals surface area contributed by atoms with Gasteiger partial charge in [-0.1, -0.05) is 20.3 Å². The van der Waals surface area contributed by atoms with Gasteiger partial charge in [-0.2, -0.15) is 0 Å². The van der Waals surface area contributed by atoms with Crippen molar-refractivity contribution in [2.24, 2.45) is 5.73 Å². The molecule has 1 aliphatic heterocycles. The van der Waals surface area contributed by atoms with Gasteiger partial charge < -0.3 is 11.1 Å². The van der Waals surface area contributed by atoms with Gasteiger partial charge in [-0.3, -0.25) is 4.79 Å². The quantitative estimate of drug-likeness (QED) is 0.769. The molecular weight excluding hydrogens is 252 g/mol. The first-order chi connectivity index (χ1) is 8.34. The van der Waals surface area contributed by atoms with E-state index in [2.05, 4.69) is 5.32 Å². The lowest BCUT2D eigenvalue weighted by atomic mass is 9.94. The van der Waals surface area contributed by atoms with E-state index in [1.165, 1.54) is 0 Å². The predicted octanol–water partition coefficient (Wildman–Crippen LogP) is 0.587. The highest BCUT2D eigenvalue weighted by Gasteiger charge is 2.35. The minimum Gasteiger partial charge on any atom is -0.353 e. The summed E-state index contributed by atoms with van der Waals surface area (Å²) in [5, 5.41) is 1.84. The van der Waals surface area contributed by atoms with Crippen molar-refractivity contribution in [2.75, 3.05) is 12.3 Å². The molecule has 0 aromatic carbocycles. The number of hydrogen-bond donors (Lipinski definition) is 2. The molecule has 0 aliphatic carbocycles. The first-order valence-electron chi connectivity index (χ1n) is 6.63. The van der Waals surface area contributed by atoms with E-state index in [9.17, 15) is 13.2 Å².